The summed E-state index contributed by atoms with van der Waals surface area (Å²) in [4.78, 5) is 14.7. The van der Waals surface area contributed by atoms with Crippen molar-refractivity contribution in [2.24, 2.45) is 0 Å². The molecule has 0 unspecified atom stereocenters. The Kier molecular flexibility index (Phi) is 6.63. The zero-order chi connectivity index (χ0) is 21.0. The maximum absolute atomic E-state index is 13.0. The number of nitrogens with zero attached hydrogens (tertiary/aromatic N) is 1. The summed E-state index contributed by atoms with van der Waals surface area (Å²) in [7, 11) is -3.09. The van der Waals surface area contributed by atoms with Crippen LogP contribution in [0.15, 0.2) is 48.5 Å². The number of aryl methyl sites for hydroxylation is 1. The minimum atomic E-state index is -3.09. The molecular formula is C23H29NO4S. The van der Waals surface area contributed by atoms with Gasteiger partial charge in [-0.15, -0.1) is 0 Å². The number of rotatable bonds is 7. The van der Waals surface area contributed by atoms with E-state index >= 15 is 0 Å². The van der Waals surface area contributed by atoms with Crippen molar-refractivity contribution < 1.29 is 17.9 Å². The van der Waals surface area contributed by atoms with E-state index in [9.17, 15) is 13.2 Å². The van der Waals surface area contributed by atoms with Gasteiger partial charge in [0.1, 0.15) is 5.75 Å². The fourth-order valence-corrected chi connectivity index (χ4v) is 5.32. The lowest BCUT2D eigenvalue weighted by Crippen LogP contribution is -2.43. The lowest BCUT2D eigenvalue weighted by molar-refractivity contribution is -0.136. The highest BCUT2D eigenvalue weighted by molar-refractivity contribution is 7.91. The van der Waals surface area contributed by atoms with Gasteiger partial charge in [0, 0.05) is 12.6 Å². The number of amides is 1. The van der Waals surface area contributed by atoms with E-state index in [2.05, 4.69) is 26.0 Å². The first-order valence-electron chi connectivity index (χ1n) is 10.0. The molecule has 1 aliphatic heterocycles. The van der Waals surface area contributed by atoms with E-state index in [4.69, 9.17) is 4.74 Å². The molecule has 1 aliphatic rings. The van der Waals surface area contributed by atoms with Gasteiger partial charge in [0.2, 0.25) is 0 Å². The van der Waals surface area contributed by atoms with Gasteiger partial charge >= 0.3 is 0 Å². The van der Waals surface area contributed by atoms with E-state index < -0.39 is 9.84 Å². The summed E-state index contributed by atoms with van der Waals surface area (Å²) >= 11 is 0. The summed E-state index contributed by atoms with van der Waals surface area (Å²) in [5, 5.41) is 0. The number of benzene rings is 2. The summed E-state index contributed by atoms with van der Waals surface area (Å²) in [6.45, 7) is 6.48. The van der Waals surface area contributed by atoms with E-state index in [1.54, 1.807) is 4.90 Å². The van der Waals surface area contributed by atoms with Crippen molar-refractivity contribution in [1.82, 2.24) is 4.90 Å². The van der Waals surface area contributed by atoms with E-state index in [0.29, 0.717) is 24.6 Å². The first-order chi connectivity index (χ1) is 13.7. The van der Waals surface area contributed by atoms with Crippen LogP contribution in [-0.4, -0.2) is 43.4 Å². The van der Waals surface area contributed by atoms with Gasteiger partial charge in [0.25, 0.3) is 5.91 Å². The van der Waals surface area contributed by atoms with Crippen LogP contribution >= 0.6 is 0 Å². The molecule has 1 fully saturated rings. The first-order valence-corrected chi connectivity index (χ1v) is 11.8. The second-order valence-electron chi connectivity index (χ2n) is 8.03. The maximum atomic E-state index is 13.0. The zero-order valence-corrected chi connectivity index (χ0v) is 18.1. The molecule has 0 bridgehead atoms. The summed E-state index contributed by atoms with van der Waals surface area (Å²) in [5.74, 6) is 1.06. The fraction of sp³-hybridized carbons (Fsp3) is 0.435. The van der Waals surface area contributed by atoms with Gasteiger partial charge in [-0.25, -0.2) is 8.42 Å². The Hall–Kier alpha value is -2.34. The Morgan fingerprint density at radius 2 is 1.83 bits per heavy atom. The lowest BCUT2D eigenvalue weighted by Gasteiger charge is -2.28. The molecule has 2 aromatic rings. The largest absolute Gasteiger partial charge is 0.484 e. The summed E-state index contributed by atoms with van der Waals surface area (Å²) in [6, 6.07) is 15.4. The predicted octanol–water partition coefficient (Wildman–Crippen LogP) is 3.71. The van der Waals surface area contributed by atoms with Crippen LogP contribution in [0, 0.1) is 6.92 Å². The molecule has 1 amide bonds. The number of ether oxygens (including phenoxy) is 1. The zero-order valence-electron chi connectivity index (χ0n) is 17.3. The molecule has 0 radical (unpaired) electrons. The molecular weight excluding hydrogens is 386 g/mol. The minimum absolute atomic E-state index is 0.0210. The lowest BCUT2D eigenvalue weighted by atomic mass is 10.0. The number of para-hydroxylation sites is 1. The highest BCUT2D eigenvalue weighted by Crippen LogP contribution is 2.23. The van der Waals surface area contributed by atoms with Gasteiger partial charge in [-0.2, -0.15) is 0 Å². The second-order valence-corrected chi connectivity index (χ2v) is 10.3. The standard InChI is InChI=1S/C23H29NO4S/c1-17(2)20-10-8-19(9-11-20)14-24(21-12-13-29(26,27)16-21)23(25)15-28-22-7-5-4-6-18(22)3/h4-11,17,21H,12-16H2,1-3H3/t21-/m0/s1. The molecule has 6 heteroatoms. The van der Waals surface area contributed by atoms with E-state index in [0.717, 1.165) is 11.1 Å². The quantitative estimate of drug-likeness (QED) is 0.692. The van der Waals surface area contributed by atoms with Crippen LogP contribution in [0.5, 0.6) is 5.75 Å². The molecule has 1 atom stereocenters. The number of hydrogen-bond donors (Lipinski definition) is 0. The number of hydrogen-bond acceptors (Lipinski definition) is 4. The van der Waals surface area contributed by atoms with Crippen LogP contribution in [0.2, 0.25) is 0 Å². The third-order valence-electron chi connectivity index (χ3n) is 5.41. The second kappa shape index (κ2) is 8.99. The molecule has 0 aliphatic carbocycles. The van der Waals surface area contributed by atoms with Gasteiger partial charge < -0.3 is 9.64 Å². The molecule has 0 saturated carbocycles. The highest BCUT2D eigenvalue weighted by Gasteiger charge is 2.34. The van der Waals surface area contributed by atoms with Gasteiger partial charge in [-0.05, 0) is 42.0 Å². The van der Waals surface area contributed by atoms with Gasteiger partial charge in [0.15, 0.2) is 16.4 Å². The molecule has 156 valence electrons. The van der Waals surface area contributed by atoms with Crippen LogP contribution < -0.4 is 4.74 Å². The fourth-order valence-electron chi connectivity index (χ4n) is 3.59. The number of sulfone groups is 1. The first kappa shape index (κ1) is 21.4. The average molecular weight is 416 g/mol. The van der Waals surface area contributed by atoms with Gasteiger partial charge in [-0.1, -0.05) is 56.3 Å². The molecule has 29 heavy (non-hydrogen) atoms. The summed E-state index contributed by atoms with van der Waals surface area (Å²) < 4.78 is 29.7. The van der Waals surface area contributed by atoms with Crippen molar-refractivity contribution in [3.05, 3.63) is 65.2 Å². The van der Waals surface area contributed by atoms with Crippen molar-refractivity contribution in [2.45, 2.75) is 45.7 Å². The van der Waals surface area contributed by atoms with Gasteiger partial charge in [0.05, 0.1) is 11.5 Å². The van der Waals surface area contributed by atoms with Crippen LogP contribution in [0.4, 0.5) is 0 Å². The van der Waals surface area contributed by atoms with Gasteiger partial charge in [-0.3, -0.25) is 4.79 Å². The summed E-state index contributed by atoms with van der Waals surface area (Å²) in [6.07, 6.45) is 0.475. The topological polar surface area (TPSA) is 63.7 Å². The molecule has 0 aromatic heterocycles. The van der Waals surface area contributed by atoms with Crippen molar-refractivity contribution in [3.63, 3.8) is 0 Å². The van der Waals surface area contributed by atoms with Crippen LogP contribution in [-0.2, 0) is 21.2 Å². The van der Waals surface area contributed by atoms with Crippen LogP contribution in [0.25, 0.3) is 0 Å². The molecule has 2 aromatic carbocycles. The Bertz CT molecular complexity index is 951. The maximum Gasteiger partial charge on any atom is 0.261 e. The SMILES string of the molecule is Cc1ccccc1OCC(=O)N(Cc1ccc(C(C)C)cc1)[C@H]1CCS(=O)(=O)C1. The smallest absolute Gasteiger partial charge is 0.261 e. The third-order valence-corrected chi connectivity index (χ3v) is 7.16. The Balaban J connectivity index is 1.75. The Morgan fingerprint density at radius 1 is 1.14 bits per heavy atom. The highest BCUT2D eigenvalue weighted by atomic mass is 32.2. The average Bonchev–Trinajstić information content (AvgIpc) is 3.05. The van der Waals surface area contributed by atoms with Crippen molar-refractivity contribution in [3.8, 4) is 5.75 Å². The van der Waals surface area contributed by atoms with Crippen molar-refractivity contribution >= 4 is 15.7 Å². The molecule has 3 rings (SSSR count). The number of carbonyl (C=O) groups excluding carboxylic acids is 1. The Labute approximate surface area is 173 Å². The molecule has 0 spiro atoms. The monoisotopic (exact) mass is 415 g/mol. The normalized spacial score (nSPS) is 18.0. The van der Waals surface area contributed by atoms with Crippen molar-refractivity contribution in [1.29, 1.82) is 0 Å². The minimum Gasteiger partial charge on any atom is -0.484 e. The molecule has 1 saturated heterocycles. The van der Waals surface area contributed by atoms with E-state index in [1.807, 2.05) is 43.3 Å². The Morgan fingerprint density at radius 3 is 2.41 bits per heavy atom. The molecule has 1 heterocycles. The third kappa shape index (κ3) is 5.60. The van der Waals surface area contributed by atoms with Crippen LogP contribution in [0.1, 0.15) is 42.9 Å². The molecule has 5 nitrogen and oxygen atoms in total. The van der Waals surface area contributed by atoms with E-state index in [1.165, 1.54) is 5.56 Å². The number of carbonyl (C=O) groups is 1. The molecule has 0 N–H and O–H groups in total. The predicted molar refractivity (Wildman–Crippen MR) is 115 cm³/mol. The van der Waals surface area contributed by atoms with E-state index in [-0.39, 0.29) is 30.1 Å². The summed E-state index contributed by atoms with van der Waals surface area (Å²) in [5.41, 5.74) is 3.18. The van der Waals surface area contributed by atoms with Crippen molar-refractivity contribution in [2.75, 3.05) is 18.1 Å². The van der Waals surface area contributed by atoms with Crippen LogP contribution in [0.3, 0.4) is 0 Å².